The summed E-state index contributed by atoms with van der Waals surface area (Å²) >= 11 is 6.86. The van der Waals surface area contributed by atoms with E-state index >= 15 is 0 Å². The Kier molecular flexibility index (Phi) is 8.18. The number of hydrogen-bond donors (Lipinski definition) is 4. The van der Waals surface area contributed by atoms with E-state index in [2.05, 4.69) is 30.5 Å². The molecule has 5 aromatic rings. The summed E-state index contributed by atoms with van der Waals surface area (Å²) in [6.45, 7) is 3.04. The monoisotopic (exact) mass is 626 g/mol. The minimum atomic E-state index is -0.722. The van der Waals surface area contributed by atoms with Crippen LogP contribution in [0.4, 0.5) is 22.5 Å². The third-order valence-corrected chi connectivity index (χ3v) is 7.51. The third kappa shape index (κ3) is 6.36. The number of aromatic amines is 1. The Morgan fingerprint density at radius 3 is 2.63 bits per heavy atom. The number of aromatic nitrogens is 5. The number of Topliss-reactive ketones (excluding diaryl/α,β-unsaturated/α-hetero) is 2. The highest BCUT2D eigenvalue weighted by molar-refractivity contribution is 7.17. The average molecular weight is 627 g/mol. The van der Waals surface area contributed by atoms with Crippen molar-refractivity contribution >= 4 is 68.1 Å². The first-order valence-electron chi connectivity index (χ1n) is 12.2. The number of benzene rings is 2. The van der Waals surface area contributed by atoms with Crippen molar-refractivity contribution in [2.75, 3.05) is 15.8 Å². The largest absolute Gasteiger partial charge is 0.769 e. The number of thiazole rings is 1. The average Bonchev–Trinajstić information content (AvgIpc) is 3.55. The molecule has 0 radical (unpaired) electrons. The lowest BCUT2D eigenvalue weighted by Crippen LogP contribution is -2.20. The van der Waals surface area contributed by atoms with Gasteiger partial charge in [-0.2, -0.15) is 0 Å². The van der Waals surface area contributed by atoms with Gasteiger partial charge in [0, 0.05) is 16.3 Å². The van der Waals surface area contributed by atoms with Crippen LogP contribution in [0.5, 0.6) is 0 Å². The minimum absolute atomic E-state index is 0.0278. The van der Waals surface area contributed by atoms with E-state index in [9.17, 15) is 35.2 Å². The van der Waals surface area contributed by atoms with Gasteiger partial charge in [-0.1, -0.05) is 28.0 Å². The molecular formula is C25H19ClN8O8S-2. The maximum absolute atomic E-state index is 12.9. The van der Waals surface area contributed by atoms with Crippen LogP contribution >= 0.6 is 22.9 Å². The minimum Gasteiger partial charge on any atom is -0.769 e. The number of nitrogens with zero attached hydrogens (tertiary/aromatic N) is 6. The molecule has 222 valence electrons. The molecule has 0 aliphatic heterocycles. The number of halogens is 1. The van der Waals surface area contributed by atoms with Crippen LogP contribution in [0.1, 0.15) is 33.0 Å². The molecule has 5 rings (SSSR count). The molecule has 2 aromatic carbocycles. The predicted octanol–water partition coefficient (Wildman–Crippen LogP) is 4.21. The van der Waals surface area contributed by atoms with Gasteiger partial charge in [-0.15, -0.1) is 10.3 Å². The highest BCUT2D eigenvalue weighted by Gasteiger charge is 2.22. The summed E-state index contributed by atoms with van der Waals surface area (Å²) < 4.78 is 5.56. The predicted molar refractivity (Wildman–Crippen MR) is 155 cm³/mol. The molecule has 0 saturated heterocycles. The van der Waals surface area contributed by atoms with Gasteiger partial charge in [0.1, 0.15) is 11.5 Å². The van der Waals surface area contributed by atoms with E-state index in [0.29, 0.717) is 21.7 Å². The van der Waals surface area contributed by atoms with Gasteiger partial charge in [0.25, 0.3) is 5.56 Å². The van der Waals surface area contributed by atoms with Gasteiger partial charge in [0.2, 0.25) is 5.89 Å². The number of carbonyl (C=O) groups excluding carboxylic acids is 2. The summed E-state index contributed by atoms with van der Waals surface area (Å²) in [5.41, 5.74) is 0.174. The van der Waals surface area contributed by atoms with Crippen LogP contribution in [-0.2, 0) is 11.2 Å². The Morgan fingerprint density at radius 1 is 1.14 bits per heavy atom. The molecule has 43 heavy (non-hydrogen) atoms. The molecule has 0 bridgehead atoms. The summed E-state index contributed by atoms with van der Waals surface area (Å²) in [6.07, 6.45) is -0.843. The Hall–Kier alpha value is -4.78. The number of fused-ring (bicyclic) bond motifs is 1. The van der Waals surface area contributed by atoms with Gasteiger partial charge in [-0.25, -0.2) is 9.97 Å². The van der Waals surface area contributed by atoms with Crippen LogP contribution in [0.3, 0.4) is 0 Å². The standard InChI is InChI=1S/C25H19ClN8O8S/c1-10-15(6-13(33(38)39)7-19(10)34(40)41)23-31-32-24(42-23)30-25-27-11(2)21(43-25)20(36)9-14(35)8-18-22(37)29-17-5-12(26)3-4-16(17)28-18/h3-7,40-41H,8-9H2,1-2H3,(H,29,37)(H,27,30,32)/q-2. The first-order chi connectivity index (χ1) is 20.4. The summed E-state index contributed by atoms with van der Waals surface area (Å²) in [5.74, 6) is -1.20. The summed E-state index contributed by atoms with van der Waals surface area (Å²) in [5, 5.41) is 51.6. The number of hydrogen-bond acceptors (Lipinski definition) is 16. The Morgan fingerprint density at radius 2 is 1.91 bits per heavy atom. The molecule has 4 N–H and O–H groups in total. The third-order valence-electron chi connectivity index (χ3n) is 6.16. The van der Waals surface area contributed by atoms with Crippen molar-refractivity contribution in [3.63, 3.8) is 0 Å². The molecule has 0 fully saturated rings. The number of nitrogens with one attached hydrogen (secondary N) is 2. The quantitative estimate of drug-likeness (QED) is 0.0964. The van der Waals surface area contributed by atoms with Crippen molar-refractivity contribution in [1.82, 2.24) is 25.1 Å². The number of rotatable bonds is 10. The zero-order chi connectivity index (χ0) is 31.0. The van der Waals surface area contributed by atoms with E-state index in [1.54, 1.807) is 25.1 Å². The van der Waals surface area contributed by atoms with Crippen LogP contribution in [0, 0.1) is 24.3 Å². The van der Waals surface area contributed by atoms with E-state index in [4.69, 9.17) is 16.0 Å². The van der Waals surface area contributed by atoms with Crippen molar-refractivity contribution in [2.45, 2.75) is 26.7 Å². The summed E-state index contributed by atoms with van der Waals surface area (Å²) in [7, 11) is 0. The maximum Gasteiger partial charge on any atom is 0.322 e. The SMILES string of the molecule is Cc1nc(Nc2nnc(-c3cc(N([O-])[O-])cc(N(O)O)c3C)o2)sc1C(=O)CC(=O)Cc1nc2ccc(Cl)cc2[nH]c1=O. The van der Waals surface area contributed by atoms with Crippen molar-refractivity contribution < 1.29 is 24.4 Å². The van der Waals surface area contributed by atoms with Gasteiger partial charge in [-0.05, 0) is 49.7 Å². The highest BCUT2D eigenvalue weighted by Crippen LogP contribution is 2.35. The molecule has 0 unspecified atom stereocenters. The number of ketones is 2. The fourth-order valence-corrected chi connectivity index (χ4v) is 5.19. The van der Waals surface area contributed by atoms with Gasteiger partial charge < -0.3 is 25.0 Å². The second-order valence-corrected chi connectivity index (χ2v) is 10.6. The van der Waals surface area contributed by atoms with Crippen molar-refractivity contribution in [3.8, 4) is 11.5 Å². The Balaban J connectivity index is 1.29. The van der Waals surface area contributed by atoms with Crippen molar-refractivity contribution in [1.29, 1.82) is 0 Å². The molecule has 0 aliphatic rings. The van der Waals surface area contributed by atoms with E-state index in [0.717, 1.165) is 23.5 Å². The smallest absolute Gasteiger partial charge is 0.322 e. The lowest BCUT2D eigenvalue weighted by Gasteiger charge is -2.38. The molecular weight excluding hydrogens is 608 g/mol. The zero-order valence-electron chi connectivity index (χ0n) is 22.1. The normalized spacial score (nSPS) is 11.1. The molecule has 3 aromatic heterocycles. The Labute approximate surface area is 249 Å². The maximum atomic E-state index is 12.9. The number of anilines is 4. The molecule has 16 nitrogen and oxygen atoms in total. The van der Waals surface area contributed by atoms with Crippen molar-refractivity contribution in [2.24, 2.45) is 0 Å². The molecule has 18 heteroatoms. The van der Waals surface area contributed by atoms with Crippen LogP contribution < -0.4 is 21.3 Å². The fourth-order valence-electron chi connectivity index (χ4n) is 4.13. The second-order valence-electron chi connectivity index (χ2n) is 9.14. The van der Waals surface area contributed by atoms with Crippen molar-refractivity contribution in [3.05, 3.63) is 78.0 Å². The number of H-pyrrole nitrogens is 1. The molecule has 0 aliphatic carbocycles. The van der Waals surface area contributed by atoms with E-state index < -0.39 is 34.5 Å². The lowest BCUT2D eigenvalue weighted by molar-refractivity contribution is -0.117. The molecule has 3 heterocycles. The number of aryl methyl sites for hydroxylation is 1. The van der Waals surface area contributed by atoms with Gasteiger partial charge >= 0.3 is 6.01 Å². The summed E-state index contributed by atoms with van der Waals surface area (Å²) in [6, 6.07) is 6.68. The molecule has 0 spiro atoms. The van der Waals surface area contributed by atoms with Crippen LogP contribution in [0.2, 0.25) is 5.02 Å². The molecule has 0 amide bonds. The van der Waals surface area contributed by atoms with Gasteiger partial charge in [0.15, 0.2) is 10.9 Å². The molecule has 0 saturated carbocycles. The topological polar surface area (TPSA) is 237 Å². The highest BCUT2D eigenvalue weighted by atomic mass is 35.5. The van der Waals surface area contributed by atoms with Gasteiger partial charge in [-0.3, -0.25) is 30.1 Å². The van der Waals surface area contributed by atoms with Gasteiger partial charge in [0.05, 0.1) is 40.1 Å². The first kappa shape index (κ1) is 29.7. The first-order valence-corrected chi connectivity index (χ1v) is 13.4. The lowest BCUT2D eigenvalue weighted by atomic mass is 10.1. The van der Waals surface area contributed by atoms with E-state index in [1.165, 1.54) is 6.92 Å². The second kappa shape index (κ2) is 11.8. The Bertz CT molecular complexity index is 1940. The zero-order valence-corrected chi connectivity index (χ0v) is 23.7. The van der Waals surface area contributed by atoms with E-state index in [-0.39, 0.29) is 56.1 Å². The van der Waals surface area contributed by atoms with Crippen LogP contribution in [0.15, 0.2) is 39.5 Å². The number of carbonyl (C=O) groups is 2. The van der Waals surface area contributed by atoms with E-state index in [1.807, 2.05) is 0 Å². The molecule has 0 atom stereocenters. The summed E-state index contributed by atoms with van der Waals surface area (Å²) in [4.78, 5) is 49.3. The van der Waals surface area contributed by atoms with Crippen LogP contribution in [0.25, 0.3) is 22.5 Å². The fraction of sp³-hybridized carbons (Fsp3) is 0.160. The van der Waals surface area contributed by atoms with Crippen LogP contribution in [-0.4, -0.2) is 47.1 Å².